The predicted molar refractivity (Wildman–Crippen MR) is 81.2 cm³/mol. The fourth-order valence-electron chi connectivity index (χ4n) is 1.81. The minimum absolute atomic E-state index is 0.341. The van der Waals surface area contributed by atoms with E-state index in [0.29, 0.717) is 5.92 Å². The first-order valence-electron chi connectivity index (χ1n) is 6.08. The van der Waals surface area contributed by atoms with Gasteiger partial charge in [-0.05, 0) is 18.1 Å². The van der Waals surface area contributed by atoms with Gasteiger partial charge in [0.2, 0.25) is 0 Å². The van der Waals surface area contributed by atoms with E-state index in [1.165, 1.54) is 0 Å². The maximum absolute atomic E-state index is 6.20. The summed E-state index contributed by atoms with van der Waals surface area (Å²) in [6.07, 6.45) is 1.58. The minimum Gasteiger partial charge on any atom is -0.373 e. The van der Waals surface area contributed by atoms with E-state index in [1.807, 2.05) is 31.3 Å². The lowest BCUT2D eigenvalue weighted by Crippen LogP contribution is -2.03. The summed E-state index contributed by atoms with van der Waals surface area (Å²) in [7, 11) is 1.87. The maximum atomic E-state index is 6.20. The van der Waals surface area contributed by atoms with E-state index in [1.54, 1.807) is 18.1 Å². The Bertz CT molecular complexity index is 572. The molecule has 0 aliphatic carbocycles. The van der Waals surface area contributed by atoms with Crippen molar-refractivity contribution >= 4 is 29.2 Å². The third-order valence-corrected chi connectivity index (χ3v) is 4.24. The van der Waals surface area contributed by atoms with E-state index in [2.05, 4.69) is 29.1 Å². The first kappa shape index (κ1) is 14.2. The SMILES string of the molecule is CNc1ncnc(Sc2ccccc2Cl)c1C(C)C. The van der Waals surface area contributed by atoms with Crippen LogP contribution >= 0.6 is 23.4 Å². The molecule has 1 heterocycles. The summed E-state index contributed by atoms with van der Waals surface area (Å²) in [5, 5.41) is 4.81. The Kier molecular flexibility index (Phi) is 4.66. The van der Waals surface area contributed by atoms with Crippen LogP contribution in [0.15, 0.2) is 40.5 Å². The lowest BCUT2D eigenvalue weighted by atomic mass is 10.1. The maximum Gasteiger partial charge on any atom is 0.133 e. The second-order valence-corrected chi connectivity index (χ2v) is 5.82. The van der Waals surface area contributed by atoms with E-state index in [4.69, 9.17) is 11.6 Å². The molecule has 0 amide bonds. The molecule has 0 unspecified atom stereocenters. The summed E-state index contributed by atoms with van der Waals surface area (Å²) in [5.41, 5.74) is 1.12. The highest BCUT2D eigenvalue weighted by molar-refractivity contribution is 7.99. The van der Waals surface area contributed by atoms with Crippen molar-refractivity contribution in [3.05, 3.63) is 41.2 Å². The van der Waals surface area contributed by atoms with Crippen LogP contribution in [0.1, 0.15) is 25.3 Å². The van der Waals surface area contributed by atoms with Gasteiger partial charge in [0.15, 0.2) is 0 Å². The largest absolute Gasteiger partial charge is 0.373 e. The molecule has 0 fully saturated rings. The summed E-state index contributed by atoms with van der Waals surface area (Å²) in [4.78, 5) is 9.68. The van der Waals surface area contributed by atoms with Gasteiger partial charge in [-0.2, -0.15) is 0 Å². The van der Waals surface area contributed by atoms with Crippen molar-refractivity contribution < 1.29 is 0 Å². The monoisotopic (exact) mass is 293 g/mol. The molecule has 5 heteroatoms. The van der Waals surface area contributed by atoms with Crippen LogP contribution in [0.25, 0.3) is 0 Å². The van der Waals surface area contributed by atoms with Gasteiger partial charge in [0, 0.05) is 17.5 Å². The van der Waals surface area contributed by atoms with Crippen LogP contribution < -0.4 is 5.32 Å². The number of nitrogens with zero attached hydrogens (tertiary/aromatic N) is 2. The molecule has 1 aromatic carbocycles. The van der Waals surface area contributed by atoms with Crippen molar-refractivity contribution in [1.82, 2.24) is 9.97 Å². The standard InChI is InChI=1S/C14H16ClN3S/c1-9(2)12-13(16-3)17-8-18-14(12)19-11-7-5-4-6-10(11)15/h4-9H,1-3H3,(H,16,17,18). The van der Waals surface area contributed by atoms with Crippen LogP contribution in [0.5, 0.6) is 0 Å². The first-order valence-corrected chi connectivity index (χ1v) is 7.28. The fourth-order valence-corrected chi connectivity index (χ4v) is 3.13. The third-order valence-electron chi connectivity index (χ3n) is 2.70. The molecule has 0 spiro atoms. The van der Waals surface area contributed by atoms with E-state index in [-0.39, 0.29) is 0 Å². The number of benzene rings is 1. The van der Waals surface area contributed by atoms with E-state index in [9.17, 15) is 0 Å². The topological polar surface area (TPSA) is 37.8 Å². The molecule has 100 valence electrons. The zero-order valence-corrected chi connectivity index (χ0v) is 12.7. The molecule has 3 nitrogen and oxygen atoms in total. The molecule has 1 N–H and O–H groups in total. The van der Waals surface area contributed by atoms with Gasteiger partial charge in [0.05, 0.1) is 5.02 Å². The molecule has 2 rings (SSSR count). The Labute approximate surface area is 122 Å². The molecule has 0 saturated carbocycles. The number of anilines is 1. The van der Waals surface area contributed by atoms with Crippen molar-refractivity contribution in [2.24, 2.45) is 0 Å². The van der Waals surface area contributed by atoms with Gasteiger partial charge in [-0.15, -0.1) is 0 Å². The van der Waals surface area contributed by atoms with Gasteiger partial charge >= 0.3 is 0 Å². The molecule has 0 bridgehead atoms. The molecule has 19 heavy (non-hydrogen) atoms. The summed E-state index contributed by atoms with van der Waals surface area (Å²) in [5.74, 6) is 1.22. The van der Waals surface area contributed by atoms with Crippen LogP contribution in [0, 0.1) is 0 Å². The van der Waals surface area contributed by atoms with Crippen molar-refractivity contribution in [2.45, 2.75) is 29.7 Å². The Morgan fingerprint density at radius 2 is 1.95 bits per heavy atom. The first-order chi connectivity index (χ1) is 9.13. The Hall–Kier alpha value is -1.26. The zero-order valence-electron chi connectivity index (χ0n) is 11.1. The lowest BCUT2D eigenvalue weighted by molar-refractivity contribution is 0.806. The van der Waals surface area contributed by atoms with Crippen LogP contribution in [-0.4, -0.2) is 17.0 Å². The number of nitrogens with one attached hydrogen (secondary N) is 1. The van der Waals surface area contributed by atoms with E-state index < -0.39 is 0 Å². The van der Waals surface area contributed by atoms with Gasteiger partial charge in [-0.25, -0.2) is 9.97 Å². The van der Waals surface area contributed by atoms with Gasteiger partial charge in [-0.3, -0.25) is 0 Å². The molecular weight excluding hydrogens is 278 g/mol. The average molecular weight is 294 g/mol. The number of halogens is 1. The highest BCUT2D eigenvalue weighted by Crippen LogP contribution is 2.37. The smallest absolute Gasteiger partial charge is 0.133 e. The molecule has 0 aliphatic heterocycles. The second-order valence-electron chi connectivity index (χ2n) is 4.38. The number of rotatable bonds is 4. The predicted octanol–water partition coefficient (Wildman–Crippen LogP) is 4.45. The number of hydrogen-bond donors (Lipinski definition) is 1. The van der Waals surface area contributed by atoms with Crippen molar-refractivity contribution in [1.29, 1.82) is 0 Å². The molecule has 0 radical (unpaired) electrons. The Morgan fingerprint density at radius 3 is 2.58 bits per heavy atom. The second kappa shape index (κ2) is 6.26. The molecular formula is C14H16ClN3S. The average Bonchev–Trinajstić information content (AvgIpc) is 2.40. The van der Waals surface area contributed by atoms with E-state index >= 15 is 0 Å². The minimum atomic E-state index is 0.341. The van der Waals surface area contributed by atoms with Gasteiger partial charge < -0.3 is 5.32 Å². The molecule has 0 saturated heterocycles. The molecule has 0 atom stereocenters. The van der Waals surface area contributed by atoms with Gasteiger partial charge in [-0.1, -0.05) is 49.3 Å². The molecule has 1 aromatic heterocycles. The summed E-state index contributed by atoms with van der Waals surface area (Å²) in [6, 6.07) is 7.79. The fraction of sp³-hybridized carbons (Fsp3) is 0.286. The molecule has 0 aliphatic rings. The van der Waals surface area contributed by atoms with Crippen molar-refractivity contribution in [2.75, 3.05) is 12.4 Å². The summed E-state index contributed by atoms with van der Waals surface area (Å²) >= 11 is 7.78. The van der Waals surface area contributed by atoms with Crippen molar-refractivity contribution in [3.8, 4) is 0 Å². The quantitative estimate of drug-likeness (QED) is 0.845. The van der Waals surface area contributed by atoms with Gasteiger partial charge in [0.25, 0.3) is 0 Å². The summed E-state index contributed by atoms with van der Waals surface area (Å²) in [6.45, 7) is 4.27. The van der Waals surface area contributed by atoms with Crippen LogP contribution in [0.4, 0.5) is 5.82 Å². The third kappa shape index (κ3) is 3.19. The Balaban J connectivity index is 2.43. The number of hydrogen-bond acceptors (Lipinski definition) is 4. The van der Waals surface area contributed by atoms with Crippen molar-refractivity contribution in [3.63, 3.8) is 0 Å². The van der Waals surface area contributed by atoms with Crippen LogP contribution in [-0.2, 0) is 0 Å². The zero-order chi connectivity index (χ0) is 13.8. The van der Waals surface area contributed by atoms with Gasteiger partial charge in [0.1, 0.15) is 17.2 Å². The number of aromatic nitrogens is 2. The lowest BCUT2D eigenvalue weighted by Gasteiger charge is -2.15. The van der Waals surface area contributed by atoms with E-state index in [0.717, 1.165) is 26.3 Å². The highest BCUT2D eigenvalue weighted by atomic mass is 35.5. The summed E-state index contributed by atoms with van der Waals surface area (Å²) < 4.78 is 0. The molecule has 2 aromatic rings. The Morgan fingerprint density at radius 1 is 1.21 bits per heavy atom. The highest BCUT2D eigenvalue weighted by Gasteiger charge is 2.15. The normalized spacial score (nSPS) is 10.8. The van der Waals surface area contributed by atoms with Crippen LogP contribution in [0.2, 0.25) is 5.02 Å². The van der Waals surface area contributed by atoms with Crippen LogP contribution in [0.3, 0.4) is 0 Å².